The molecule has 1 aromatic rings. The van der Waals surface area contributed by atoms with E-state index in [0.29, 0.717) is 0 Å². The van der Waals surface area contributed by atoms with Crippen LogP contribution >= 0.6 is 11.3 Å². The highest BCUT2D eigenvalue weighted by Gasteiger charge is 2.56. The standard InChI is InChI=1S/C32H58B2O4S/c1-11-13-15-17-19-21-23-25-26(24-22-20-18-16-14-12-2)28(34-37-31(7,8)32(9,10)38-34)39-27(25)33-35-29(3,4)30(5,6)36-33/h11-24H2,1-10H3. The summed E-state index contributed by atoms with van der Waals surface area (Å²) >= 11 is 1.83. The third kappa shape index (κ3) is 7.94. The first-order chi connectivity index (χ1) is 18.3. The van der Waals surface area contributed by atoms with Crippen LogP contribution in [0.2, 0.25) is 0 Å². The van der Waals surface area contributed by atoms with Gasteiger partial charge in [0.25, 0.3) is 0 Å². The molecule has 2 aliphatic rings. The lowest BCUT2D eigenvalue weighted by molar-refractivity contribution is 0.00578. The van der Waals surface area contributed by atoms with Gasteiger partial charge in [0, 0.05) is 9.55 Å². The summed E-state index contributed by atoms with van der Waals surface area (Å²) in [5, 5.41) is 0. The van der Waals surface area contributed by atoms with Crippen molar-refractivity contribution in [2.45, 2.75) is 182 Å². The number of hydrogen-bond acceptors (Lipinski definition) is 5. The van der Waals surface area contributed by atoms with Crippen LogP contribution in [0.4, 0.5) is 0 Å². The molecule has 2 saturated heterocycles. The van der Waals surface area contributed by atoms with Crippen LogP contribution in [-0.2, 0) is 31.5 Å². The highest BCUT2D eigenvalue weighted by molar-refractivity contribution is 7.30. The Bertz CT molecular complexity index is 806. The number of thiophene rings is 1. The quantitative estimate of drug-likeness (QED) is 0.151. The van der Waals surface area contributed by atoms with Gasteiger partial charge in [-0.05, 0) is 92.2 Å². The summed E-state index contributed by atoms with van der Waals surface area (Å²) in [6, 6.07) is 0. The summed E-state index contributed by atoms with van der Waals surface area (Å²) in [5.74, 6) is 0. The molecule has 0 saturated carbocycles. The van der Waals surface area contributed by atoms with Crippen molar-refractivity contribution in [1.29, 1.82) is 0 Å². The van der Waals surface area contributed by atoms with Crippen molar-refractivity contribution < 1.29 is 18.6 Å². The first kappa shape index (κ1) is 33.2. The topological polar surface area (TPSA) is 36.9 Å². The smallest absolute Gasteiger partial charge is 0.399 e. The number of rotatable bonds is 16. The maximum Gasteiger partial charge on any atom is 0.505 e. The lowest BCUT2D eigenvalue weighted by atomic mass is 9.77. The maximum absolute atomic E-state index is 6.64. The molecule has 3 rings (SSSR count). The van der Waals surface area contributed by atoms with Crippen molar-refractivity contribution in [3.8, 4) is 0 Å². The van der Waals surface area contributed by atoms with Gasteiger partial charge in [0.2, 0.25) is 0 Å². The first-order valence-corrected chi connectivity index (χ1v) is 16.9. The van der Waals surface area contributed by atoms with Crippen LogP contribution in [0.25, 0.3) is 0 Å². The predicted molar refractivity (Wildman–Crippen MR) is 170 cm³/mol. The van der Waals surface area contributed by atoms with Crippen molar-refractivity contribution in [3.63, 3.8) is 0 Å². The van der Waals surface area contributed by atoms with Gasteiger partial charge in [0.05, 0.1) is 22.4 Å². The van der Waals surface area contributed by atoms with E-state index in [4.69, 9.17) is 18.6 Å². The molecule has 222 valence electrons. The molecule has 0 aromatic carbocycles. The molecular formula is C32H58B2O4S. The molecule has 0 unspecified atom stereocenters. The summed E-state index contributed by atoms with van der Waals surface area (Å²) in [6.07, 6.45) is 17.7. The van der Waals surface area contributed by atoms with Crippen LogP contribution < -0.4 is 9.55 Å². The molecule has 1 aromatic heterocycles. The Morgan fingerprint density at radius 2 is 0.744 bits per heavy atom. The van der Waals surface area contributed by atoms with Gasteiger partial charge >= 0.3 is 14.2 Å². The van der Waals surface area contributed by atoms with E-state index in [1.807, 2.05) is 11.3 Å². The Morgan fingerprint density at radius 3 is 1.05 bits per heavy atom. The molecule has 0 spiro atoms. The minimum atomic E-state index is -0.358. The van der Waals surface area contributed by atoms with E-state index in [1.54, 1.807) is 0 Å². The Balaban J connectivity index is 1.93. The fourth-order valence-electron chi connectivity index (χ4n) is 5.53. The molecule has 0 amide bonds. The Hall–Kier alpha value is -0.330. The van der Waals surface area contributed by atoms with Gasteiger partial charge in [0.1, 0.15) is 0 Å². The summed E-state index contributed by atoms with van der Waals surface area (Å²) in [6.45, 7) is 21.8. The minimum Gasteiger partial charge on any atom is -0.399 e. The van der Waals surface area contributed by atoms with Gasteiger partial charge in [-0.1, -0.05) is 78.1 Å². The van der Waals surface area contributed by atoms with E-state index >= 15 is 0 Å². The molecule has 2 aliphatic heterocycles. The highest BCUT2D eigenvalue weighted by Crippen LogP contribution is 2.40. The highest BCUT2D eigenvalue weighted by atomic mass is 32.1. The zero-order valence-corrected chi connectivity index (χ0v) is 27.9. The van der Waals surface area contributed by atoms with Crippen LogP contribution in [0.1, 0.15) is 157 Å². The Morgan fingerprint density at radius 1 is 0.462 bits per heavy atom. The predicted octanol–water partition coefficient (Wildman–Crippen LogP) is 8.15. The van der Waals surface area contributed by atoms with E-state index in [-0.39, 0.29) is 36.6 Å². The largest absolute Gasteiger partial charge is 0.505 e. The molecule has 4 nitrogen and oxygen atoms in total. The number of unbranched alkanes of at least 4 members (excludes halogenated alkanes) is 10. The van der Waals surface area contributed by atoms with Crippen molar-refractivity contribution in [1.82, 2.24) is 0 Å². The van der Waals surface area contributed by atoms with E-state index in [9.17, 15) is 0 Å². The Kier molecular flexibility index (Phi) is 11.7. The van der Waals surface area contributed by atoms with Crippen LogP contribution in [0.15, 0.2) is 0 Å². The third-order valence-corrected chi connectivity index (χ3v) is 11.0. The fourth-order valence-corrected chi connectivity index (χ4v) is 6.85. The monoisotopic (exact) mass is 560 g/mol. The minimum absolute atomic E-state index is 0.338. The van der Waals surface area contributed by atoms with Gasteiger partial charge in [-0.3, -0.25) is 0 Å². The molecule has 39 heavy (non-hydrogen) atoms. The number of hydrogen-bond donors (Lipinski definition) is 0. The second-order valence-corrected chi connectivity index (χ2v) is 15.1. The molecule has 0 aliphatic carbocycles. The lowest BCUT2D eigenvalue weighted by Crippen LogP contribution is -2.41. The lowest BCUT2D eigenvalue weighted by Gasteiger charge is -2.32. The average Bonchev–Trinajstić information content (AvgIpc) is 3.38. The molecular weight excluding hydrogens is 502 g/mol. The zero-order valence-electron chi connectivity index (χ0n) is 27.1. The maximum atomic E-state index is 6.64. The molecule has 0 bridgehead atoms. The van der Waals surface area contributed by atoms with Crippen LogP contribution in [-0.4, -0.2) is 36.6 Å². The fraction of sp³-hybridized carbons (Fsp3) is 0.875. The summed E-state index contributed by atoms with van der Waals surface area (Å²) in [7, 11) is -0.677. The van der Waals surface area contributed by atoms with Crippen molar-refractivity contribution in [3.05, 3.63) is 11.1 Å². The molecule has 0 N–H and O–H groups in total. The molecule has 7 heteroatoms. The molecule has 0 atom stereocenters. The van der Waals surface area contributed by atoms with Crippen LogP contribution in [0, 0.1) is 0 Å². The van der Waals surface area contributed by atoms with Crippen molar-refractivity contribution in [2.75, 3.05) is 0 Å². The van der Waals surface area contributed by atoms with E-state index in [0.717, 1.165) is 12.8 Å². The van der Waals surface area contributed by atoms with Crippen LogP contribution in [0.3, 0.4) is 0 Å². The van der Waals surface area contributed by atoms with Crippen LogP contribution in [0.5, 0.6) is 0 Å². The zero-order chi connectivity index (χ0) is 28.9. The van der Waals surface area contributed by atoms with Gasteiger partial charge < -0.3 is 18.6 Å². The van der Waals surface area contributed by atoms with Gasteiger partial charge in [0.15, 0.2) is 0 Å². The average molecular weight is 561 g/mol. The molecule has 2 fully saturated rings. The molecule has 3 heterocycles. The summed E-state index contributed by atoms with van der Waals surface area (Å²) in [4.78, 5) is 0. The summed E-state index contributed by atoms with van der Waals surface area (Å²) in [5.41, 5.74) is 1.47. The first-order valence-electron chi connectivity index (χ1n) is 16.1. The van der Waals surface area contributed by atoms with Crippen molar-refractivity contribution in [2.24, 2.45) is 0 Å². The van der Waals surface area contributed by atoms with E-state index in [2.05, 4.69) is 69.2 Å². The van der Waals surface area contributed by atoms with Gasteiger partial charge in [-0.2, -0.15) is 11.3 Å². The SMILES string of the molecule is CCCCCCCCc1c(B2OC(C)(C)C(C)(C)O2)sc(B2OC(C)(C)C(C)(C)O2)c1CCCCCCCC. The van der Waals surface area contributed by atoms with Gasteiger partial charge in [-0.15, -0.1) is 0 Å². The second-order valence-electron chi connectivity index (χ2n) is 14.0. The van der Waals surface area contributed by atoms with Crippen molar-refractivity contribution >= 4 is 35.1 Å². The second kappa shape index (κ2) is 13.8. The Labute approximate surface area is 246 Å². The molecule has 0 radical (unpaired) electrons. The summed E-state index contributed by atoms with van der Waals surface area (Å²) < 4.78 is 29.0. The third-order valence-electron chi connectivity index (χ3n) is 9.67. The van der Waals surface area contributed by atoms with Gasteiger partial charge in [-0.25, -0.2) is 0 Å². The normalized spacial score (nSPS) is 21.3. The van der Waals surface area contributed by atoms with E-state index < -0.39 is 0 Å². The van der Waals surface area contributed by atoms with E-state index in [1.165, 1.54) is 97.7 Å².